The lowest BCUT2D eigenvalue weighted by Crippen LogP contribution is -2.35. The highest BCUT2D eigenvalue weighted by Crippen LogP contribution is 2.26. The predicted octanol–water partition coefficient (Wildman–Crippen LogP) is 4.14. The van der Waals surface area contributed by atoms with Crippen molar-refractivity contribution in [3.8, 4) is 0 Å². The van der Waals surface area contributed by atoms with E-state index in [2.05, 4.69) is 44.3 Å². The molecule has 2 rings (SSSR count). The maximum absolute atomic E-state index is 5.73. The molecule has 0 spiro atoms. The van der Waals surface area contributed by atoms with Gasteiger partial charge in [-0.25, -0.2) is 0 Å². The van der Waals surface area contributed by atoms with Gasteiger partial charge in [0.15, 0.2) is 0 Å². The molecule has 0 saturated carbocycles. The summed E-state index contributed by atoms with van der Waals surface area (Å²) in [5.41, 5.74) is 2.29. The van der Waals surface area contributed by atoms with Crippen LogP contribution in [-0.4, -0.2) is 12.1 Å². The first kappa shape index (κ1) is 12.9. The molecule has 96 valence electrons. The quantitative estimate of drug-likeness (QED) is 0.876. The van der Waals surface area contributed by atoms with Crippen LogP contribution in [0.2, 0.25) is 0 Å². The van der Waals surface area contributed by atoms with Gasteiger partial charge in [0.05, 0.1) is 0 Å². The van der Waals surface area contributed by atoms with E-state index in [0.29, 0.717) is 0 Å². The molecule has 1 N–H and O–H groups in total. The molecule has 0 amide bonds. The normalized spacial score (nSPS) is 12.7. The van der Waals surface area contributed by atoms with Crippen molar-refractivity contribution in [3.63, 3.8) is 0 Å². The fraction of sp³-hybridized carbons (Fsp3) is 0.375. The van der Waals surface area contributed by atoms with Gasteiger partial charge < -0.3 is 9.73 Å². The van der Waals surface area contributed by atoms with Crippen molar-refractivity contribution in [2.24, 2.45) is 0 Å². The van der Waals surface area contributed by atoms with E-state index in [1.54, 1.807) is 0 Å². The first-order valence-electron chi connectivity index (χ1n) is 6.37. The molecule has 0 radical (unpaired) electrons. The zero-order chi connectivity index (χ0) is 13.2. The third kappa shape index (κ3) is 3.02. The van der Waals surface area contributed by atoms with Gasteiger partial charge in [-0.05, 0) is 33.8 Å². The van der Waals surface area contributed by atoms with Crippen LogP contribution in [0.5, 0.6) is 0 Å². The minimum Gasteiger partial charge on any atom is -0.461 e. The van der Waals surface area contributed by atoms with Crippen LogP contribution in [0.4, 0.5) is 0 Å². The number of rotatable bonds is 3. The second-order valence-corrected chi connectivity index (χ2v) is 5.60. The smallest absolute Gasteiger partial charge is 0.134 e. The molecule has 0 bridgehead atoms. The summed E-state index contributed by atoms with van der Waals surface area (Å²) >= 11 is 0. The van der Waals surface area contributed by atoms with Gasteiger partial charge in [-0.3, -0.25) is 0 Å². The van der Waals surface area contributed by atoms with Gasteiger partial charge in [-0.2, -0.15) is 0 Å². The lowest BCUT2D eigenvalue weighted by Gasteiger charge is -2.18. The number of hydrogen-bond acceptors (Lipinski definition) is 2. The molecule has 1 heterocycles. The number of aryl methyl sites for hydroxylation is 1. The highest BCUT2D eigenvalue weighted by atomic mass is 16.3. The van der Waals surface area contributed by atoms with Gasteiger partial charge in [0.2, 0.25) is 0 Å². The van der Waals surface area contributed by atoms with Crippen LogP contribution >= 0.6 is 0 Å². The average molecular weight is 243 g/mol. The van der Waals surface area contributed by atoms with Crippen LogP contribution in [0, 0.1) is 6.92 Å². The SMILES string of the molecule is Cc1oc2ccccc2c1/C=C/CNC(C)(C)C. The molecule has 0 unspecified atom stereocenters. The number of fused-ring (bicyclic) bond motifs is 1. The number of para-hydroxylation sites is 1. The number of hydrogen-bond donors (Lipinski definition) is 1. The minimum atomic E-state index is 0.151. The number of nitrogens with one attached hydrogen (secondary N) is 1. The Kier molecular flexibility index (Phi) is 3.58. The maximum atomic E-state index is 5.73. The van der Waals surface area contributed by atoms with Gasteiger partial charge in [-0.1, -0.05) is 30.4 Å². The van der Waals surface area contributed by atoms with Crippen molar-refractivity contribution in [2.75, 3.05) is 6.54 Å². The molecule has 2 aromatic rings. The first-order chi connectivity index (χ1) is 8.47. The summed E-state index contributed by atoms with van der Waals surface area (Å²) in [5.74, 6) is 0.975. The predicted molar refractivity (Wildman–Crippen MR) is 77.7 cm³/mol. The summed E-state index contributed by atoms with van der Waals surface area (Å²) < 4.78 is 5.73. The van der Waals surface area contributed by atoms with E-state index in [1.165, 1.54) is 10.9 Å². The van der Waals surface area contributed by atoms with Gasteiger partial charge in [0, 0.05) is 23.0 Å². The highest BCUT2D eigenvalue weighted by molar-refractivity contribution is 5.88. The molecule has 0 atom stereocenters. The standard InChI is InChI=1S/C16H21NO/c1-12-13(9-7-11-17-16(2,3)4)14-8-5-6-10-15(14)18-12/h5-10,17H,11H2,1-4H3/b9-7+. The molecule has 0 fully saturated rings. The average Bonchev–Trinajstić information content (AvgIpc) is 2.59. The van der Waals surface area contributed by atoms with E-state index >= 15 is 0 Å². The first-order valence-corrected chi connectivity index (χ1v) is 6.37. The van der Waals surface area contributed by atoms with E-state index in [4.69, 9.17) is 4.42 Å². The van der Waals surface area contributed by atoms with Crippen LogP contribution in [0.15, 0.2) is 34.8 Å². The number of benzene rings is 1. The summed E-state index contributed by atoms with van der Waals surface area (Å²) in [4.78, 5) is 0. The van der Waals surface area contributed by atoms with Gasteiger partial charge in [-0.15, -0.1) is 0 Å². The zero-order valence-electron chi connectivity index (χ0n) is 11.6. The summed E-state index contributed by atoms with van der Waals surface area (Å²) in [6, 6.07) is 8.15. The van der Waals surface area contributed by atoms with Crippen LogP contribution in [-0.2, 0) is 0 Å². The Bertz CT molecular complexity index is 558. The van der Waals surface area contributed by atoms with Crippen molar-refractivity contribution < 1.29 is 4.42 Å². The molecule has 18 heavy (non-hydrogen) atoms. The van der Waals surface area contributed by atoms with Crippen molar-refractivity contribution >= 4 is 17.0 Å². The zero-order valence-corrected chi connectivity index (χ0v) is 11.6. The Morgan fingerprint density at radius 1 is 1.22 bits per heavy atom. The Hall–Kier alpha value is -1.54. The van der Waals surface area contributed by atoms with E-state index in [1.807, 2.05) is 25.1 Å². The van der Waals surface area contributed by atoms with E-state index in [-0.39, 0.29) is 5.54 Å². The largest absolute Gasteiger partial charge is 0.461 e. The Morgan fingerprint density at radius 3 is 2.67 bits per heavy atom. The van der Waals surface area contributed by atoms with Crippen molar-refractivity contribution in [1.29, 1.82) is 0 Å². The molecule has 0 aliphatic heterocycles. The van der Waals surface area contributed by atoms with Crippen molar-refractivity contribution in [2.45, 2.75) is 33.2 Å². The molecule has 1 aromatic heterocycles. The van der Waals surface area contributed by atoms with E-state index in [0.717, 1.165) is 17.9 Å². The van der Waals surface area contributed by atoms with Crippen molar-refractivity contribution in [3.05, 3.63) is 41.7 Å². The molecule has 0 saturated heterocycles. The Morgan fingerprint density at radius 2 is 1.94 bits per heavy atom. The third-order valence-electron chi connectivity index (χ3n) is 2.85. The Labute approximate surface area is 109 Å². The van der Waals surface area contributed by atoms with E-state index < -0.39 is 0 Å². The molecule has 2 nitrogen and oxygen atoms in total. The maximum Gasteiger partial charge on any atom is 0.134 e. The van der Waals surface area contributed by atoms with Crippen molar-refractivity contribution in [1.82, 2.24) is 5.32 Å². The van der Waals surface area contributed by atoms with Crippen LogP contribution in [0.1, 0.15) is 32.1 Å². The lowest BCUT2D eigenvalue weighted by atomic mass is 10.1. The fourth-order valence-corrected chi connectivity index (χ4v) is 1.94. The van der Waals surface area contributed by atoms with Gasteiger partial charge in [0.25, 0.3) is 0 Å². The molecule has 2 heteroatoms. The molecule has 1 aromatic carbocycles. The van der Waals surface area contributed by atoms with Crippen LogP contribution < -0.4 is 5.32 Å². The number of furan rings is 1. The summed E-state index contributed by atoms with van der Waals surface area (Å²) in [5, 5.41) is 4.62. The topological polar surface area (TPSA) is 25.2 Å². The van der Waals surface area contributed by atoms with Gasteiger partial charge >= 0.3 is 0 Å². The highest BCUT2D eigenvalue weighted by Gasteiger charge is 2.08. The molecular weight excluding hydrogens is 222 g/mol. The fourth-order valence-electron chi connectivity index (χ4n) is 1.94. The van der Waals surface area contributed by atoms with Crippen LogP contribution in [0.3, 0.4) is 0 Å². The summed E-state index contributed by atoms with van der Waals surface area (Å²) in [6.07, 6.45) is 4.29. The summed E-state index contributed by atoms with van der Waals surface area (Å²) in [6.45, 7) is 9.37. The summed E-state index contributed by atoms with van der Waals surface area (Å²) in [7, 11) is 0. The lowest BCUT2D eigenvalue weighted by molar-refractivity contribution is 0.450. The second kappa shape index (κ2) is 4.99. The van der Waals surface area contributed by atoms with Gasteiger partial charge in [0.1, 0.15) is 11.3 Å². The monoisotopic (exact) mass is 243 g/mol. The second-order valence-electron chi connectivity index (χ2n) is 5.60. The minimum absolute atomic E-state index is 0.151. The van der Waals surface area contributed by atoms with E-state index in [9.17, 15) is 0 Å². The molecule has 0 aliphatic carbocycles. The Balaban J connectivity index is 2.16. The third-order valence-corrected chi connectivity index (χ3v) is 2.85. The molecular formula is C16H21NO. The van der Waals surface area contributed by atoms with Crippen LogP contribution in [0.25, 0.3) is 17.0 Å². The molecule has 0 aliphatic rings.